The van der Waals surface area contributed by atoms with Crippen LogP contribution in [0.15, 0.2) is 24.3 Å². The normalized spacial score (nSPS) is 20.6. The van der Waals surface area contributed by atoms with Crippen molar-refractivity contribution in [1.82, 2.24) is 10.2 Å². The number of carbonyl (C=O) groups is 2. The highest BCUT2D eigenvalue weighted by Gasteiger charge is 2.42. The summed E-state index contributed by atoms with van der Waals surface area (Å²) in [6.45, 7) is 6.62. The maximum absolute atomic E-state index is 12.2. The van der Waals surface area contributed by atoms with Crippen LogP contribution in [0.2, 0.25) is 0 Å². The molecule has 1 aliphatic rings. The maximum atomic E-state index is 12.2. The summed E-state index contributed by atoms with van der Waals surface area (Å²) >= 11 is 0. The van der Waals surface area contributed by atoms with Gasteiger partial charge in [-0.2, -0.15) is 0 Å². The first kappa shape index (κ1) is 17.1. The van der Waals surface area contributed by atoms with Crippen molar-refractivity contribution in [2.24, 2.45) is 5.41 Å². The highest BCUT2D eigenvalue weighted by molar-refractivity contribution is 5.79. The number of para-hydroxylation sites is 1. The van der Waals surface area contributed by atoms with Crippen LogP contribution in [0.3, 0.4) is 0 Å². The summed E-state index contributed by atoms with van der Waals surface area (Å²) in [6, 6.07) is 7.32. The minimum Gasteiger partial charge on any atom is -0.491 e. The Balaban J connectivity index is 1.94. The molecule has 0 spiro atoms. The number of hydrogen-bond donors (Lipinski definition) is 2. The molecule has 23 heavy (non-hydrogen) atoms. The lowest BCUT2D eigenvalue weighted by Crippen LogP contribution is -2.40. The first-order valence-corrected chi connectivity index (χ1v) is 7.82. The Bertz CT molecular complexity index is 588. The van der Waals surface area contributed by atoms with E-state index in [-0.39, 0.29) is 18.7 Å². The average Bonchev–Trinajstić information content (AvgIpc) is 2.89. The second kappa shape index (κ2) is 6.89. The molecule has 126 valence electrons. The number of urea groups is 1. The second-order valence-corrected chi connectivity index (χ2v) is 6.47. The summed E-state index contributed by atoms with van der Waals surface area (Å²) in [7, 11) is 0. The topological polar surface area (TPSA) is 78.9 Å². The molecule has 0 radical (unpaired) electrons. The molecule has 2 rings (SSSR count). The van der Waals surface area contributed by atoms with Gasteiger partial charge in [-0.15, -0.1) is 0 Å². The van der Waals surface area contributed by atoms with E-state index in [4.69, 9.17) is 4.74 Å². The largest absolute Gasteiger partial charge is 0.491 e. The molecule has 0 saturated carbocycles. The van der Waals surface area contributed by atoms with Crippen LogP contribution in [0.25, 0.3) is 0 Å². The standard InChI is InChI=1S/C17H24N2O4/c1-12(2)23-14-7-5-4-6-13(14)10-18-16(22)19-9-8-17(3,11-19)15(20)21/h4-7,12H,8-11H2,1-3H3,(H,18,22)(H,20,21). The number of amides is 2. The Kier molecular flexibility index (Phi) is 5.13. The molecule has 1 atom stereocenters. The molecule has 2 N–H and O–H groups in total. The van der Waals surface area contributed by atoms with Crippen LogP contribution in [0.4, 0.5) is 4.79 Å². The fraction of sp³-hybridized carbons (Fsp3) is 0.529. The molecular weight excluding hydrogens is 296 g/mol. The summed E-state index contributed by atoms with van der Waals surface area (Å²) in [5.41, 5.74) is 0.0467. The molecule has 0 aromatic heterocycles. The van der Waals surface area contributed by atoms with Gasteiger partial charge in [0.25, 0.3) is 0 Å². The number of nitrogens with one attached hydrogen (secondary N) is 1. The summed E-state index contributed by atoms with van der Waals surface area (Å²) in [5.74, 6) is -0.108. The van der Waals surface area contributed by atoms with Crippen LogP contribution in [-0.4, -0.2) is 41.2 Å². The lowest BCUT2D eigenvalue weighted by Gasteiger charge is -2.21. The number of benzene rings is 1. The number of nitrogens with zero attached hydrogens (tertiary/aromatic N) is 1. The second-order valence-electron chi connectivity index (χ2n) is 6.47. The molecule has 1 aliphatic heterocycles. The molecule has 1 saturated heterocycles. The Morgan fingerprint density at radius 1 is 1.39 bits per heavy atom. The lowest BCUT2D eigenvalue weighted by molar-refractivity contribution is -0.147. The molecule has 6 nitrogen and oxygen atoms in total. The van der Waals surface area contributed by atoms with Gasteiger partial charge in [0, 0.05) is 25.2 Å². The SMILES string of the molecule is CC(C)Oc1ccccc1CNC(=O)N1CCC(C)(C(=O)O)C1. The van der Waals surface area contributed by atoms with Crippen LogP contribution < -0.4 is 10.1 Å². The number of rotatable bonds is 5. The number of carboxylic acids is 1. The van der Waals surface area contributed by atoms with Crippen molar-refractivity contribution in [1.29, 1.82) is 0 Å². The van der Waals surface area contributed by atoms with Crippen LogP contribution in [-0.2, 0) is 11.3 Å². The molecule has 1 aromatic rings. The smallest absolute Gasteiger partial charge is 0.317 e. The molecular formula is C17H24N2O4. The maximum Gasteiger partial charge on any atom is 0.317 e. The van der Waals surface area contributed by atoms with Crippen molar-refractivity contribution >= 4 is 12.0 Å². The fourth-order valence-electron chi connectivity index (χ4n) is 2.61. The van der Waals surface area contributed by atoms with Gasteiger partial charge in [-0.05, 0) is 33.3 Å². The first-order chi connectivity index (χ1) is 10.8. The van der Waals surface area contributed by atoms with E-state index in [1.54, 1.807) is 11.8 Å². The highest BCUT2D eigenvalue weighted by atomic mass is 16.5. The van der Waals surface area contributed by atoms with E-state index in [0.29, 0.717) is 19.5 Å². The van der Waals surface area contributed by atoms with Gasteiger partial charge in [0.1, 0.15) is 5.75 Å². The Morgan fingerprint density at radius 3 is 2.70 bits per heavy atom. The highest BCUT2D eigenvalue weighted by Crippen LogP contribution is 2.30. The number of aliphatic carboxylic acids is 1. The van der Waals surface area contributed by atoms with Crippen LogP contribution >= 0.6 is 0 Å². The summed E-state index contributed by atoms with van der Waals surface area (Å²) in [4.78, 5) is 25.0. The monoisotopic (exact) mass is 320 g/mol. The molecule has 1 aromatic carbocycles. The van der Waals surface area contributed by atoms with E-state index in [1.807, 2.05) is 38.1 Å². The van der Waals surface area contributed by atoms with Gasteiger partial charge >= 0.3 is 12.0 Å². The van der Waals surface area contributed by atoms with Crippen molar-refractivity contribution in [2.75, 3.05) is 13.1 Å². The number of carboxylic acid groups (broad SMARTS) is 1. The number of ether oxygens (including phenoxy) is 1. The summed E-state index contributed by atoms with van der Waals surface area (Å²) in [5, 5.41) is 12.1. The van der Waals surface area contributed by atoms with E-state index in [1.165, 1.54) is 0 Å². The zero-order valence-electron chi connectivity index (χ0n) is 13.8. The quantitative estimate of drug-likeness (QED) is 0.873. The van der Waals surface area contributed by atoms with E-state index in [9.17, 15) is 14.7 Å². The van der Waals surface area contributed by atoms with Crippen molar-refractivity contribution in [3.8, 4) is 5.75 Å². The lowest BCUT2D eigenvalue weighted by atomic mass is 9.90. The molecule has 1 unspecified atom stereocenters. The summed E-state index contributed by atoms with van der Waals surface area (Å²) < 4.78 is 5.73. The van der Waals surface area contributed by atoms with Crippen LogP contribution in [0.1, 0.15) is 32.8 Å². The third-order valence-electron chi connectivity index (χ3n) is 4.04. The van der Waals surface area contributed by atoms with E-state index >= 15 is 0 Å². The van der Waals surface area contributed by atoms with Gasteiger partial charge < -0.3 is 20.1 Å². The molecule has 1 fully saturated rings. The number of likely N-dealkylation sites (tertiary alicyclic amines) is 1. The average molecular weight is 320 g/mol. The predicted octanol–water partition coefficient (Wildman–Crippen LogP) is 2.48. The predicted molar refractivity (Wildman–Crippen MR) is 86.4 cm³/mol. The van der Waals surface area contributed by atoms with Gasteiger partial charge in [0.05, 0.1) is 11.5 Å². The first-order valence-electron chi connectivity index (χ1n) is 7.82. The molecule has 0 aliphatic carbocycles. The third kappa shape index (κ3) is 4.15. The van der Waals surface area contributed by atoms with Gasteiger partial charge in [0.15, 0.2) is 0 Å². The van der Waals surface area contributed by atoms with Crippen LogP contribution in [0, 0.1) is 5.41 Å². The van der Waals surface area contributed by atoms with E-state index < -0.39 is 11.4 Å². The number of hydrogen-bond acceptors (Lipinski definition) is 3. The van der Waals surface area contributed by atoms with Gasteiger partial charge in [0.2, 0.25) is 0 Å². The Labute approximate surface area is 136 Å². The number of carbonyl (C=O) groups excluding carboxylic acids is 1. The molecule has 1 heterocycles. The minimum atomic E-state index is -0.858. The summed E-state index contributed by atoms with van der Waals surface area (Å²) in [6.07, 6.45) is 0.532. The zero-order chi connectivity index (χ0) is 17.0. The van der Waals surface area contributed by atoms with Crippen molar-refractivity contribution in [3.63, 3.8) is 0 Å². The van der Waals surface area contributed by atoms with Crippen molar-refractivity contribution in [2.45, 2.75) is 39.8 Å². The zero-order valence-corrected chi connectivity index (χ0v) is 13.8. The van der Waals surface area contributed by atoms with Gasteiger partial charge in [-0.1, -0.05) is 18.2 Å². The van der Waals surface area contributed by atoms with Crippen molar-refractivity contribution < 1.29 is 19.4 Å². The molecule has 0 bridgehead atoms. The molecule has 2 amide bonds. The van der Waals surface area contributed by atoms with Crippen molar-refractivity contribution in [3.05, 3.63) is 29.8 Å². The van der Waals surface area contributed by atoms with Gasteiger partial charge in [-0.25, -0.2) is 4.79 Å². The van der Waals surface area contributed by atoms with E-state index in [0.717, 1.165) is 11.3 Å². The van der Waals surface area contributed by atoms with Gasteiger partial charge in [-0.3, -0.25) is 4.79 Å². The minimum absolute atomic E-state index is 0.0571. The Morgan fingerprint density at radius 2 is 2.09 bits per heavy atom. The van der Waals surface area contributed by atoms with Crippen LogP contribution in [0.5, 0.6) is 5.75 Å². The van der Waals surface area contributed by atoms with E-state index in [2.05, 4.69) is 5.32 Å². The molecule has 6 heteroatoms. The Hall–Kier alpha value is -2.24. The fourth-order valence-corrected chi connectivity index (χ4v) is 2.61. The third-order valence-corrected chi connectivity index (χ3v) is 4.04.